The van der Waals surface area contributed by atoms with E-state index in [1.807, 2.05) is 4.68 Å². The third-order valence-electron chi connectivity index (χ3n) is 3.63. The Bertz CT molecular complexity index is 332. The Balaban J connectivity index is 2.68. The second kappa shape index (κ2) is 7.52. The summed E-state index contributed by atoms with van der Waals surface area (Å²) in [6.45, 7) is 13.2. The quantitative estimate of drug-likeness (QED) is 0.773. The molecule has 0 aliphatic carbocycles. The van der Waals surface area contributed by atoms with Crippen LogP contribution >= 0.6 is 0 Å². The third kappa shape index (κ3) is 4.09. The highest BCUT2D eigenvalue weighted by Gasteiger charge is 2.22. The molecule has 0 spiro atoms. The van der Waals surface area contributed by atoms with E-state index in [1.165, 1.54) is 6.42 Å². The lowest BCUT2D eigenvalue weighted by molar-refractivity contribution is 0.281. The van der Waals surface area contributed by atoms with Crippen LogP contribution in [0.15, 0.2) is 6.33 Å². The first kappa shape index (κ1) is 15.2. The van der Waals surface area contributed by atoms with Crippen molar-refractivity contribution in [2.75, 3.05) is 6.54 Å². The lowest BCUT2D eigenvalue weighted by Gasteiger charge is -2.28. The monoisotopic (exact) mass is 252 g/mol. The van der Waals surface area contributed by atoms with Gasteiger partial charge in [0.1, 0.15) is 12.2 Å². The Morgan fingerprint density at radius 3 is 2.56 bits per heavy atom. The maximum absolute atomic E-state index is 4.40. The fourth-order valence-corrected chi connectivity index (χ4v) is 2.43. The van der Waals surface area contributed by atoms with Crippen molar-refractivity contribution in [3.05, 3.63) is 12.2 Å². The summed E-state index contributed by atoms with van der Waals surface area (Å²) in [5, 5.41) is 7.86. The molecule has 0 aromatic carbocycles. The molecular weight excluding hydrogens is 224 g/mol. The second-order valence-electron chi connectivity index (χ2n) is 5.35. The van der Waals surface area contributed by atoms with Crippen molar-refractivity contribution in [1.29, 1.82) is 0 Å². The lowest BCUT2D eigenvalue weighted by atomic mass is 9.86. The normalized spacial score (nSPS) is 15.0. The van der Waals surface area contributed by atoms with E-state index in [4.69, 9.17) is 0 Å². The molecule has 18 heavy (non-hydrogen) atoms. The van der Waals surface area contributed by atoms with Crippen LogP contribution in [0, 0.1) is 11.8 Å². The molecule has 0 aliphatic rings. The van der Waals surface area contributed by atoms with E-state index >= 15 is 0 Å². The third-order valence-corrected chi connectivity index (χ3v) is 3.63. The maximum Gasteiger partial charge on any atom is 0.138 e. The summed E-state index contributed by atoms with van der Waals surface area (Å²) < 4.78 is 2.00. The number of hydrogen-bond donors (Lipinski definition) is 1. The van der Waals surface area contributed by atoms with Crippen LogP contribution in [0.3, 0.4) is 0 Å². The first-order chi connectivity index (χ1) is 8.60. The van der Waals surface area contributed by atoms with Crippen LogP contribution < -0.4 is 5.32 Å². The van der Waals surface area contributed by atoms with Crippen molar-refractivity contribution in [1.82, 2.24) is 20.1 Å². The van der Waals surface area contributed by atoms with Gasteiger partial charge in [-0.2, -0.15) is 5.10 Å². The Morgan fingerprint density at radius 2 is 2.00 bits per heavy atom. The van der Waals surface area contributed by atoms with Crippen LogP contribution in [0.1, 0.15) is 46.9 Å². The minimum absolute atomic E-state index is 0.520. The van der Waals surface area contributed by atoms with E-state index < -0.39 is 0 Å². The lowest BCUT2D eigenvalue weighted by Crippen LogP contribution is -2.38. The maximum atomic E-state index is 4.40. The number of nitrogens with zero attached hydrogens (tertiary/aromatic N) is 3. The van der Waals surface area contributed by atoms with Crippen molar-refractivity contribution in [3.63, 3.8) is 0 Å². The van der Waals surface area contributed by atoms with Crippen molar-refractivity contribution in [3.8, 4) is 0 Å². The zero-order valence-corrected chi connectivity index (χ0v) is 12.5. The van der Waals surface area contributed by atoms with Gasteiger partial charge in [0, 0.05) is 19.0 Å². The van der Waals surface area contributed by atoms with Gasteiger partial charge in [0.15, 0.2) is 0 Å². The van der Waals surface area contributed by atoms with Gasteiger partial charge in [0.2, 0.25) is 0 Å². The minimum Gasteiger partial charge on any atom is -0.314 e. The van der Waals surface area contributed by atoms with E-state index in [0.29, 0.717) is 17.9 Å². The molecule has 0 radical (unpaired) electrons. The Kier molecular flexibility index (Phi) is 6.33. The molecule has 4 nitrogen and oxygen atoms in total. The van der Waals surface area contributed by atoms with Crippen LogP contribution in [-0.2, 0) is 13.0 Å². The molecule has 2 atom stereocenters. The standard InChI is InChI=1S/C14H28N4/c1-6-8-15-12(5)13(11(3)4)9-14-16-10-17-18(14)7-2/h10-13,15H,6-9H2,1-5H3. The van der Waals surface area contributed by atoms with E-state index in [2.05, 4.69) is 50.0 Å². The van der Waals surface area contributed by atoms with Crippen LogP contribution in [0.4, 0.5) is 0 Å². The highest BCUT2D eigenvalue weighted by Crippen LogP contribution is 2.20. The van der Waals surface area contributed by atoms with Gasteiger partial charge >= 0.3 is 0 Å². The zero-order valence-electron chi connectivity index (χ0n) is 12.5. The molecule has 2 unspecified atom stereocenters. The van der Waals surface area contributed by atoms with Gasteiger partial charge in [-0.15, -0.1) is 0 Å². The molecule has 0 fully saturated rings. The summed E-state index contributed by atoms with van der Waals surface area (Å²) in [7, 11) is 0. The molecule has 0 amide bonds. The second-order valence-corrected chi connectivity index (χ2v) is 5.35. The molecule has 0 bridgehead atoms. The molecule has 1 N–H and O–H groups in total. The minimum atomic E-state index is 0.520. The summed E-state index contributed by atoms with van der Waals surface area (Å²) in [6.07, 6.45) is 3.85. The summed E-state index contributed by atoms with van der Waals surface area (Å²) in [5.74, 6) is 2.36. The zero-order chi connectivity index (χ0) is 13.5. The predicted octanol–water partition coefficient (Wildman–Crippen LogP) is 2.50. The average Bonchev–Trinajstić information content (AvgIpc) is 2.79. The highest BCUT2D eigenvalue weighted by molar-refractivity contribution is 4.91. The SMILES string of the molecule is CCCNC(C)C(Cc1ncnn1CC)C(C)C. The molecule has 104 valence electrons. The van der Waals surface area contributed by atoms with Crippen LogP contribution in [0.2, 0.25) is 0 Å². The number of hydrogen-bond acceptors (Lipinski definition) is 3. The Hall–Kier alpha value is -0.900. The van der Waals surface area contributed by atoms with Crippen molar-refractivity contribution in [2.24, 2.45) is 11.8 Å². The van der Waals surface area contributed by atoms with Gasteiger partial charge in [0.25, 0.3) is 0 Å². The highest BCUT2D eigenvalue weighted by atomic mass is 15.3. The summed E-state index contributed by atoms with van der Waals surface area (Å²) in [6, 6.07) is 0.520. The molecular formula is C14H28N4. The van der Waals surface area contributed by atoms with Gasteiger partial charge in [-0.25, -0.2) is 4.98 Å². The molecule has 1 rings (SSSR count). The topological polar surface area (TPSA) is 42.7 Å². The molecule has 1 heterocycles. The van der Waals surface area contributed by atoms with Crippen molar-refractivity contribution < 1.29 is 0 Å². The Morgan fingerprint density at radius 1 is 1.28 bits per heavy atom. The van der Waals surface area contributed by atoms with E-state index in [9.17, 15) is 0 Å². The van der Waals surface area contributed by atoms with Gasteiger partial charge in [-0.1, -0.05) is 20.8 Å². The average molecular weight is 252 g/mol. The molecule has 4 heteroatoms. The van der Waals surface area contributed by atoms with Crippen LogP contribution in [0.5, 0.6) is 0 Å². The molecule has 1 aromatic heterocycles. The van der Waals surface area contributed by atoms with Crippen molar-refractivity contribution in [2.45, 2.75) is 60.0 Å². The van der Waals surface area contributed by atoms with E-state index in [-0.39, 0.29) is 0 Å². The molecule has 0 saturated carbocycles. The molecule has 1 aromatic rings. The van der Waals surface area contributed by atoms with Crippen molar-refractivity contribution >= 4 is 0 Å². The van der Waals surface area contributed by atoms with Crippen LogP contribution in [-0.4, -0.2) is 27.4 Å². The van der Waals surface area contributed by atoms with E-state index in [0.717, 1.165) is 25.3 Å². The van der Waals surface area contributed by atoms with Gasteiger partial charge in [-0.05, 0) is 38.6 Å². The van der Waals surface area contributed by atoms with Crippen LogP contribution in [0.25, 0.3) is 0 Å². The van der Waals surface area contributed by atoms with Gasteiger partial charge in [0.05, 0.1) is 0 Å². The molecule has 0 aliphatic heterocycles. The summed E-state index contributed by atoms with van der Waals surface area (Å²) >= 11 is 0. The van der Waals surface area contributed by atoms with E-state index in [1.54, 1.807) is 6.33 Å². The molecule has 0 saturated heterocycles. The Labute approximate surface area is 111 Å². The first-order valence-electron chi connectivity index (χ1n) is 7.20. The fraction of sp³-hybridized carbons (Fsp3) is 0.857. The smallest absolute Gasteiger partial charge is 0.138 e. The number of nitrogens with one attached hydrogen (secondary N) is 1. The largest absolute Gasteiger partial charge is 0.314 e. The summed E-state index contributed by atoms with van der Waals surface area (Å²) in [5.41, 5.74) is 0. The van der Waals surface area contributed by atoms with Gasteiger partial charge < -0.3 is 5.32 Å². The predicted molar refractivity (Wildman–Crippen MR) is 75.5 cm³/mol. The first-order valence-corrected chi connectivity index (χ1v) is 7.20. The number of aromatic nitrogens is 3. The summed E-state index contributed by atoms with van der Waals surface area (Å²) in [4.78, 5) is 4.40. The fourth-order valence-electron chi connectivity index (χ4n) is 2.43. The number of aryl methyl sites for hydroxylation is 1. The number of rotatable bonds is 8. The van der Waals surface area contributed by atoms with Gasteiger partial charge in [-0.3, -0.25) is 4.68 Å².